The number of aliphatic hydroxyl groups excluding tert-OH is 1. The van der Waals surface area contributed by atoms with Crippen molar-refractivity contribution in [2.75, 3.05) is 5.32 Å². The summed E-state index contributed by atoms with van der Waals surface area (Å²) in [5.74, 6) is 0.0354. The van der Waals surface area contributed by atoms with Crippen LogP contribution in [0.4, 0.5) is 5.69 Å². The third-order valence-electron chi connectivity index (χ3n) is 2.49. The molecule has 0 bridgehead atoms. The van der Waals surface area contributed by atoms with Crippen LogP contribution in [0.3, 0.4) is 0 Å². The summed E-state index contributed by atoms with van der Waals surface area (Å²) in [4.78, 5) is 11.1. The fourth-order valence-corrected chi connectivity index (χ4v) is 1.68. The van der Waals surface area contributed by atoms with Crippen molar-refractivity contribution in [3.63, 3.8) is 0 Å². The molecule has 0 aromatic heterocycles. The van der Waals surface area contributed by atoms with E-state index in [1.807, 2.05) is 19.1 Å². The van der Waals surface area contributed by atoms with E-state index >= 15 is 0 Å². The SMILES string of the molecule is Cc1c(CO)ccc2c1CC(=O)N2. The van der Waals surface area contributed by atoms with Crippen LogP contribution in [0.15, 0.2) is 12.1 Å². The number of nitrogens with one attached hydrogen (secondary N) is 1. The van der Waals surface area contributed by atoms with E-state index in [1.165, 1.54) is 0 Å². The molecule has 0 fully saturated rings. The molecule has 1 amide bonds. The molecular weight excluding hydrogens is 166 g/mol. The normalized spacial score (nSPS) is 14.2. The highest BCUT2D eigenvalue weighted by Crippen LogP contribution is 2.28. The number of rotatable bonds is 1. The molecule has 1 aliphatic heterocycles. The van der Waals surface area contributed by atoms with Gasteiger partial charge in [-0.05, 0) is 29.7 Å². The highest BCUT2D eigenvalue weighted by Gasteiger charge is 2.20. The highest BCUT2D eigenvalue weighted by molar-refractivity contribution is 5.99. The largest absolute Gasteiger partial charge is 0.392 e. The molecule has 0 saturated heterocycles. The summed E-state index contributed by atoms with van der Waals surface area (Å²) in [5.41, 5.74) is 3.84. The lowest BCUT2D eigenvalue weighted by Gasteiger charge is -2.06. The molecule has 2 rings (SSSR count). The van der Waals surface area contributed by atoms with Crippen LogP contribution in [0, 0.1) is 6.92 Å². The lowest BCUT2D eigenvalue weighted by atomic mass is 10.0. The molecule has 1 aromatic carbocycles. The van der Waals surface area contributed by atoms with Gasteiger partial charge in [0.05, 0.1) is 13.0 Å². The van der Waals surface area contributed by atoms with E-state index in [0.29, 0.717) is 6.42 Å². The Bertz CT molecular complexity index is 371. The van der Waals surface area contributed by atoms with Crippen LogP contribution >= 0.6 is 0 Å². The van der Waals surface area contributed by atoms with E-state index < -0.39 is 0 Å². The Morgan fingerprint density at radius 3 is 3.00 bits per heavy atom. The summed E-state index contributed by atoms with van der Waals surface area (Å²) < 4.78 is 0. The third kappa shape index (κ3) is 1.21. The van der Waals surface area contributed by atoms with Crippen molar-refractivity contribution in [3.8, 4) is 0 Å². The van der Waals surface area contributed by atoms with Gasteiger partial charge in [-0.2, -0.15) is 0 Å². The molecule has 0 radical (unpaired) electrons. The molecule has 0 unspecified atom stereocenters. The van der Waals surface area contributed by atoms with Gasteiger partial charge in [0, 0.05) is 5.69 Å². The minimum Gasteiger partial charge on any atom is -0.392 e. The highest BCUT2D eigenvalue weighted by atomic mass is 16.3. The zero-order valence-electron chi connectivity index (χ0n) is 7.42. The minimum atomic E-state index is 0.0350. The summed E-state index contributed by atoms with van der Waals surface area (Å²) in [7, 11) is 0. The molecule has 2 N–H and O–H groups in total. The number of hydrogen-bond acceptors (Lipinski definition) is 2. The second-order valence-electron chi connectivity index (χ2n) is 3.26. The summed E-state index contributed by atoms with van der Waals surface area (Å²) in [6.45, 7) is 1.97. The van der Waals surface area contributed by atoms with Crippen molar-refractivity contribution in [2.45, 2.75) is 20.0 Å². The van der Waals surface area contributed by atoms with Gasteiger partial charge in [-0.25, -0.2) is 0 Å². The quantitative estimate of drug-likeness (QED) is 0.671. The van der Waals surface area contributed by atoms with Crippen molar-refractivity contribution >= 4 is 11.6 Å². The number of anilines is 1. The van der Waals surface area contributed by atoms with Gasteiger partial charge < -0.3 is 10.4 Å². The van der Waals surface area contributed by atoms with E-state index in [4.69, 9.17) is 5.11 Å². The topological polar surface area (TPSA) is 49.3 Å². The molecule has 0 atom stereocenters. The minimum absolute atomic E-state index is 0.0350. The van der Waals surface area contributed by atoms with Crippen LogP contribution in [-0.2, 0) is 17.8 Å². The van der Waals surface area contributed by atoms with E-state index in [0.717, 1.165) is 22.4 Å². The zero-order valence-corrected chi connectivity index (χ0v) is 7.42. The Kier molecular flexibility index (Phi) is 1.81. The number of fused-ring (bicyclic) bond motifs is 1. The standard InChI is InChI=1S/C10H11NO2/c1-6-7(5-12)2-3-9-8(6)4-10(13)11-9/h2-3,12H,4-5H2,1H3,(H,11,13). The molecule has 1 heterocycles. The molecule has 0 spiro atoms. The smallest absolute Gasteiger partial charge is 0.228 e. The van der Waals surface area contributed by atoms with Crippen molar-refractivity contribution in [1.29, 1.82) is 0 Å². The number of carbonyl (C=O) groups is 1. The Morgan fingerprint density at radius 2 is 2.31 bits per heavy atom. The first kappa shape index (κ1) is 8.26. The predicted molar refractivity (Wildman–Crippen MR) is 49.4 cm³/mol. The van der Waals surface area contributed by atoms with Crippen molar-refractivity contribution in [1.82, 2.24) is 0 Å². The van der Waals surface area contributed by atoms with Crippen LogP contribution in [0.2, 0.25) is 0 Å². The van der Waals surface area contributed by atoms with Crippen LogP contribution in [0.1, 0.15) is 16.7 Å². The lowest BCUT2D eigenvalue weighted by molar-refractivity contribution is -0.115. The third-order valence-corrected chi connectivity index (χ3v) is 2.49. The van der Waals surface area contributed by atoms with Gasteiger partial charge in [-0.3, -0.25) is 4.79 Å². The molecule has 0 aliphatic carbocycles. The number of carbonyl (C=O) groups excluding carboxylic acids is 1. The van der Waals surface area contributed by atoms with E-state index in [2.05, 4.69) is 5.32 Å². The molecule has 1 aliphatic rings. The summed E-state index contributed by atoms with van der Waals surface area (Å²) in [6.07, 6.45) is 0.439. The van der Waals surface area contributed by atoms with Gasteiger partial charge in [0.15, 0.2) is 0 Å². The van der Waals surface area contributed by atoms with Gasteiger partial charge in [0.25, 0.3) is 0 Å². The fraction of sp³-hybridized carbons (Fsp3) is 0.300. The Hall–Kier alpha value is -1.35. The van der Waals surface area contributed by atoms with Gasteiger partial charge in [-0.1, -0.05) is 6.07 Å². The molecule has 68 valence electrons. The summed E-state index contributed by atoms with van der Waals surface area (Å²) in [5, 5.41) is 11.8. The maximum Gasteiger partial charge on any atom is 0.228 e. The molecule has 1 aromatic rings. The first-order valence-corrected chi connectivity index (χ1v) is 4.24. The van der Waals surface area contributed by atoms with Crippen molar-refractivity contribution in [3.05, 3.63) is 28.8 Å². The molecule has 0 saturated carbocycles. The van der Waals surface area contributed by atoms with E-state index in [9.17, 15) is 4.79 Å². The van der Waals surface area contributed by atoms with Crippen LogP contribution < -0.4 is 5.32 Å². The Morgan fingerprint density at radius 1 is 1.54 bits per heavy atom. The first-order valence-electron chi connectivity index (χ1n) is 4.24. The average molecular weight is 177 g/mol. The van der Waals surface area contributed by atoms with Gasteiger partial charge in [-0.15, -0.1) is 0 Å². The van der Waals surface area contributed by atoms with Gasteiger partial charge in [0.1, 0.15) is 0 Å². The second kappa shape index (κ2) is 2.85. The maximum absolute atomic E-state index is 11.1. The Labute approximate surface area is 76.4 Å². The predicted octanol–water partition coefficient (Wildman–Crippen LogP) is 0.982. The molecular formula is C10H11NO2. The van der Waals surface area contributed by atoms with Crippen LogP contribution in [-0.4, -0.2) is 11.0 Å². The number of benzene rings is 1. The fourth-order valence-electron chi connectivity index (χ4n) is 1.68. The second-order valence-corrected chi connectivity index (χ2v) is 3.26. The maximum atomic E-state index is 11.1. The average Bonchev–Trinajstić information content (AvgIpc) is 2.47. The molecule has 3 nitrogen and oxygen atoms in total. The van der Waals surface area contributed by atoms with Crippen LogP contribution in [0.5, 0.6) is 0 Å². The van der Waals surface area contributed by atoms with Crippen LogP contribution in [0.25, 0.3) is 0 Å². The van der Waals surface area contributed by atoms with Crippen molar-refractivity contribution in [2.24, 2.45) is 0 Å². The molecule has 3 heteroatoms. The molecule has 13 heavy (non-hydrogen) atoms. The zero-order chi connectivity index (χ0) is 9.42. The van der Waals surface area contributed by atoms with Gasteiger partial charge in [0.2, 0.25) is 5.91 Å². The van der Waals surface area contributed by atoms with Gasteiger partial charge >= 0.3 is 0 Å². The number of amides is 1. The number of aliphatic hydroxyl groups is 1. The van der Waals surface area contributed by atoms with Crippen molar-refractivity contribution < 1.29 is 9.90 Å². The summed E-state index contributed by atoms with van der Waals surface area (Å²) >= 11 is 0. The lowest BCUT2D eigenvalue weighted by Crippen LogP contribution is -2.03. The monoisotopic (exact) mass is 177 g/mol. The Balaban J connectivity index is 2.54. The first-order chi connectivity index (χ1) is 6.22. The number of hydrogen-bond donors (Lipinski definition) is 2. The summed E-state index contributed by atoms with van der Waals surface area (Å²) in [6, 6.07) is 3.69. The van der Waals surface area contributed by atoms with E-state index in [1.54, 1.807) is 0 Å². The van der Waals surface area contributed by atoms with E-state index in [-0.39, 0.29) is 12.5 Å².